The van der Waals surface area contributed by atoms with E-state index >= 15 is 0 Å². The van der Waals surface area contributed by atoms with Crippen LogP contribution in [0.2, 0.25) is 0 Å². The van der Waals surface area contributed by atoms with Gasteiger partial charge in [-0.15, -0.1) is 0 Å². The molecule has 6 heterocycles. The zero-order chi connectivity index (χ0) is 37.6. The van der Waals surface area contributed by atoms with E-state index in [2.05, 4.69) is 83.1 Å². The molecule has 10 rings (SSSR count). The summed E-state index contributed by atoms with van der Waals surface area (Å²) in [6.07, 6.45) is 7.81. The van der Waals surface area contributed by atoms with Gasteiger partial charge in [-0.1, -0.05) is 43.2 Å². The van der Waals surface area contributed by atoms with Crippen LogP contribution >= 0.6 is 0 Å². The Labute approximate surface area is 316 Å². The lowest BCUT2D eigenvalue weighted by Gasteiger charge is -2.60. The number of fused-ring (bicyclic) bond motifs is 9. The largest absolute Gasteiger partial charge is 0.496 e. The van der Waals surface area contributed by atoms with Gasteiger partial charge >= 0.3 is 11.9 Å². The van der Waals surface area contributed by atoms with Gasteiger partial charge in [0.15, 0.2) is 0 Å². The van der Waals surface area contributed by atoms with E-state index in [1.54, 1.807) is 7.11 Å². The number of piperidine rings is 3. The average Bonchev–Trinajstić information content (AvgIpc) is 3.72. The number of methoxy groups -OCH3 is 3. The maximum atomic E-state index is 14.5. The number of aromatic amines is 2. The molecule has 1 unspecified atom stereocenters. The first-order chi connectivity index (χ1) is 26.2. The number of para-hydroxylation sites is 1. The topological polar surface area (TPSA) is 117 Å². The van der Waals surface area contributed by atoms with Gasteiger partial charge in [0, 0.05) is 64.3 Å². The zero-order valence-electron chi connectivity index (χ0n) is 32.2. The lowest BCUT2D eigenvalue weighted by molar-refractivity contribution is -0.169. The molecule has 0 spiro atoms. The van der Waals surface area contributed by atoms with Crippen LogP contribution in [0, 0.1) is 23.7 Å². The maximum absolute atomic E-state index is 14.5. The fraction of sp³-hybridized carbons (Fsp3) is 0.523. The number of likely N-dealkylation sites (tertiary alicyclic amines) is 1. The molecule has 3 saturated heterocycles. The molecule has 1 saturated carbocycles. The number of nitrogens with one attached hydrogen (secondary N) is 2. The molecule has 6 bridgehead atoms. The third-order valence-electron chi connectivity index (χ3n) is 14.6. The summed E-state index contributed by atoms with van der Waals surface area (Å²) in [4.78, 5) is 53.6. The fourth-order valence-electron chi connectivity index (χ4n) is 12.4. The van der Waals surface area contributed by atoms with E-state index in [-0.39, 0.29) is 59.7 Å². The summed E-state index contributed by atoms with van der Waals surface area (Å²) in [6, 6.07) is 12.3. The molecular weight excluding hydrogens is 681 g/mol. The van der Waals surface area contributed by atoms with Crippen molar-refractivity contribution in [1.82, 2.24) is 19.8 Å². The van der Waals surface area contributed by atoms with Crippen LogP contribution in [0.3, 0.4) is 0 Å². The van der Waals surface area contributed by atoms with Gasteiger partial charge in [0.1, 0.15) is 17.5 Å². The summed E-state index contributed by atoms with van der Waals surface area (Å²) in [5.41, 5.74) is 7.78. The summed E-state index contributed by atoms with van der Waals surface area (Å²) in [6.45, 7) is 5.76. The molecule has 2 aromatic heterocycles. The second kappa shape index (κ2) is 13.1. The Morgan fingerprint density at radius 1 is 1.02 bits per heavy atom. The molecule has 4 fully saturated rings. The Morgan fingerprint density at radius 3 is 2.56 bits per heavy atom. The van der Waals surface area contributed by atoms with Crippen LogP contribution in [0.25, 0.3) is 21.8 Å². The van der Waals surface area contributed by atoms with Crippen LogP contribution in [0.15, 0.2) is 48.0 Å². The average molecular weight is 733 g/mol. The van der Waals surface area contributed by atoms with Gasteiger partial charge in [-0.25, -0.2) is 0 Å². The zero-order valence-corrected chi connectivity index (χ0v) is 32.2. The van der Waals surface area contributed by atoms with E-state index in [9.17, 15) is 14.4 Å². The smallest absolute Gasteiger partial charge is 0.319 e. The van der Waals surface area contributed by atoms with Crippen LogP contribution in [0.4, 0.5) is 0 Å². The van der Waals surface area contributed by atoms with E-state index in [0.29, 0.717) is 32.2 Å². The number of H-pyrrole nitrogens is 2. The van der Waals surface area contributed by atoms with E-state index < -0.39 is 5.41 Å². The van der Waals surface area contributed by atoms with Crippen LogP contribution in [-0.2, 0) is 42.1 Å². The van der Waals surface area contributed by atoms with E-state index in [0.717, 1.165) is 75.7 Å². The predicted octanol–water partition coefficient (Wildman–Crippen LogP) is 6.06. The van der Waals surface area contributed by atoms with Crippen molar-refractivity contribution in [1.29, 1.82) is 0 Å². The van der Waals surface area contributed by atoms with Crippen molar-refractivity contribution < 1.29 is 28.6 Å². The number of carbonyl (C=O) groups excluding carboxylic acids is 3. The number of hydrogen-bond acceptors (Lipinski definition) is 8. The third kappa shape index (κ3) is 4.74. The molecule has 6 aliphatic rings. The van der Waals surface area contributed by atoms with Gasteiger partial charge in [0.05, 0.1) is 38.8 Å². The molecule has 10 nitrogen and oxygen atoms in total. The number of aromatic nitrogens is 2. The maximum Gasteiger partial charge on any atom is 0.319 e. The van der Waals surface area contributed by atoms with Gasteiger partial charge in [-0.2, -0.15) is 0 Å². The van der Waals surface area contributed by atoms with Gasteiger partial charge in [-0.3, -0.25) is 19.4 Å². The van der Waals surface area contributed by atoms with Crippen LogP contribution in [0.5, 0.6) is 5.75 Å². The molecule has 54 heavy (non-hydrogen) atoms. The van der Waals surface area contributed by atoms with Gasteiger partial charge < -0.3 is 29.0 Å². The molecule has 4 aliphatic heterocycles. The van der Waals surface area contributed by atoms with Crippen molar-refractivity contribution in [3.63, 3.8) is 0 Å². The number of hydrogen-bond donors (Lipinski definition) is 2. The van der Waals surface area contributed by atoms with E-state index in [1.165, 1.54) is 25.4 Å². The summed E-state index contributed by atoms with van der Waals surface area (Å²) in [5, 5.41) is 2.23. The molecule has 2 aromatic carbocycles. The summed E-state index contributed by atoms with van der Waals surface area (Å²) >= 11 is 0. The molecule has 284 valence electrons. The number of aldehydes is 1. The second-order valence-electron chi connectivity index (χ2n) is 16.5. The minimum absolute atomic E-state index is 0.0319. The van der Waals surface area contributed by atoms with Crippen LogP contribution in [-0.4, -0.2) is 97.6 Å². The molecule has 10 atom stereocenters. The Morgan fingerprint density at radius 2 is 1.83 bits per heavy atom. The van der Waals surface area contributed by atoms with E-state index in [4.69, 9.17) is 14.2 Å². The first kappa shape index (κ1) is 35.3. The van der Waals surface area contributed by atoms with Crippen molar-refractivity contribution in [3.8, 4) is 5.75 Å². The number of rotatable bonds is 6. The molecule has 4 aromatic rings. The Bertz CT molecular complexity index is 2200. The predicted molar refractivity (Wildman–Crippen MR) is 207 cm³/mol. The summed E-state index contributed by atoms with van der Waals surface area (Å²) in [7, 11) is 6.86. The second-order valence-corrected chi connectivity index (χ2v) is 16.5. The van der Waals surface area contributed by atoms with Crippen molar-refractivity contribution in [2.24, 2.45) is 23.7 Å². The molecule has 10 heteroatoms. The number of ether oxygens (including phenoxy) is 3. The van der Waals surface area contributed by atoms with Crippen molar-refractivity contribution in [2.75, 3.05) is 41.5 Å². The molecule has 0 amide bonds. The highest BCUT2D eigenvalue weighted by Crippen LogP contribution is 2.58. The minimum Gasteiger partial charge on any atom is -0.496 e. The molecule has 2 aliphatic carbocycles. The molecule has 0 radical (unpaired) electrons. The van der Waals surface area contributed by atoms with Crippen molar-refractivity contribution in [3.05, 3.63) is 76.1 Å². The number of likely N-dealkylation sites (N-methyl/N-ethyl adjacent to an activating group) is 1. The SMILES string of the molecule is CC=C1CN(C)[C@H]2Cc3c([nH]c4ccccc34)[C@H](c3c(OC)ccc4c5c([nH]c34)[C@]3(C(=O)OC)C[C@H]4C[C@H](CC)[C@@H]3N(CC5)[C@H]4C=O)C[C@@H]1[C@@H]2C(=O)OC. The highest BCUT2D eigenvalue weighted by molar-refractivity contribution is 5.95. The van der Waals surface area contributed by atoms with Crippen LogP contribution < -0.4 is 4.74 Å². The number of nitrogens with zero attached hydrogens (tertiary/aromatic N) is 2. The van der Waals surface area contributed by atoms with Crippen LogP contribution in [0.1, 0.15) is 73.5 Å². The number of esters is 2. The quantitative estimate of drug-likeness (QED) is 0.140. The molecular formula is C44H52N4O6. The summed E-state index contributed by atoms with van der Waals surface area (Å²) < 4.78 is 17.6. The number of carbonyl (C=O) groups is 3. The standard InChI is InChI=1S/C44H52N4O6/c1-7-23-17-25-20-44(43(51)54-6)40-28(15-16-48(41(23)44)34(25)22-49)27-13-14-35(52-4)37(39(27)46-40)31-18-29-24(8-2)21-47(3)33(36(29)42(50)53-5)19-30-26-11-9-10-12-32(26)45-38(30)31/h8-14,22-23,25,29,31,33-34,36,41,45-46H,7,15-21H2,1-6H3/t23-,25+,29-,31-,33-,34-,36-,41-,44+/m0/s1. The fourth-order valence-corrected chi connectivity index (χ4v) is 12.4. The summed E-state index contributed by atoms with van der Waals surface area (Å²) in [5.74, 6) is 0.0982. The Kier molecular flexibility index (Phi) is 8.58. The van der Waals surface area contributed by atoms with Crippen molar-refractivity contribution in [2.45, 2.75) is 81.8 Å². The normalized spacial score (nSPS) is 33.7. The third-order valence-corrected chi connectivity index (χ3v) is 14.6. The Balaban J connectivity index is 1.32. The van der Waals surface area contributed by atoms with Crippen molar-refractivity contribution >= 4 is 40.0 Å². The minimum atomic E-state index is -0.935. The lowest BCUT2D eigenvalue weighted by atomic mass is 9.54. The highest BCUT2D eigenvalue weighted by atomic mass is 16.5. The number of benzene rings is 2. The number of allylic oxidation sites excluding steroid dienone is 1. The monoisotopic (exact) mass is 732 g/mol. The van der Waals surface area contributed by atoms with Gasteiger partial charge in [-0.05, 0) is 93.2 Å². The lowest BCUT2D eigenvalue weighted by Crippen LogP contribution is -2.71. The Hall–Kier alpha value is -4.41. The first-order valence-electron chi connectivity index (χ1n) is 19.8. The van der Waals surface area contributed by atoms with Gasteiger partial charge in [0.25, 0.3) is 0 Å². The molecule has 2 N–H and O–H groups in total. The highest BCUT2D eigenvalue weighted by Gasteiger charge is 2.65. The van der Waals surface area contributed by atoms with Gasteiger partial charge in [0.2, 0.25) is 0 Å². The van der Waals surface area contributed by atoms with E-state index in [1.807, 2.05) is 0 Å². The first-order valence-corrected chi connectivity index (χ1v) is 19.8.